The van der Waals surface area contributed by atoms with E-state index < -0.39 is 5.92 Å². The second-order valence-electron chi connectivity index (χ2n) is 6.79. The predicted molar refractivity (Wildman–Crippen MR) is 111 cm³/mol. The van der Waals surface area contributed by atoms with Crippen LogP contribution < -0.4 is 24.4 Å². The van der Waals surface area contributed by atoms with E-state index in [1.165, 1.54) is 21.3 Å². The molecule has 1 saturated heterocycles. The maximum absolute atomic E-state index is 12.8. The molecule has 1 heterocycles. The molecule has 1 aliphatic rings. The molecule has 154 valence electrons. The van der Waals surface area contributed by atoms with E-state index in [-0.39, 0.29) is 24.8 Å². The van der Waals surface area contributed by atoms with Gasteiger partial charge in [-0.2, -0.15) is 0 Å². The Labute approximate surface area is 170 Å². The fourth-order valence-corrected chi connectivity index (χ4v) is 3.54. The summed E-state index contributed by atoms with van der Waals surface area (Å²) in [6, 6.07) is 11.1. The highest BCUT2D eigenvalue weighted by Gasteiger charge is 2.36. The number of nitrogens with zero attached hydrogens (tertiary/aromatic N) is 1. The first kappa shape index (κ1) is 20.5. The number of rotatable bonds is 7. The third-order valence-electron chi connectivity index (χ3n) is 5.11. The van der Waals surface area contributed by atoms with Gasteiger partial charge in [-0.1, -0.05) is 25.1 Å². The van der Waals surface area contributed by atoms with Gasteiger partial charge in [0.15, 0.2) is 11.5 Å². The molecule has 1 unspecified atom stereocenters. The highest BCUT2D eigenvalue weighted by molar-refractivity contribution is 6.04. The molecule has 2 aromatic carbocycles. The van der Waals surface area contributed by atoms with Crippen LogP contribution >= 0.6 is 0 Å². The lowest BCUT2D eigenvalue weighted by Gasteiger charge is -2.20. The monoisotopic (exact) mass is 398 g/mol. The summed E-state index contributed by atoms with van der Waals surface area (Å²) in [5.41, 5.74) is 2.46. The highest BCUT2D eigenvalue weighted by Crippen LogP contribution is 2.42. The maximum atomic E-state index is 12.8. The summed E-state index contributed by atoms with van der Waals surface area (Å²) in [7, 11) is 4.57. The largest absolute Gasteiger partial charge is 0.493 e. The van der Waals surface area contributed by atoms with Crippen molar-refractivity contribution in [2.45, 2.75) is 19.8 Å². The molecule has 0 saturated carbocycles. The van der Waals surface area contributed by atoms with Gasteiger partial charge in [0.1, 0.15) is 0 Å². The van der Waals surface area contributed by atoms with E-state index in [1.54, 1.807) is 17.0 Å². The lowest BCUT2D eigenvalue weighted by Crippen LogP contribution is -2.28. The third kappa shape index (κ3) is 4.13. The summed E-state index contributed by atoms with van der Waals surface area (Å²) < 4.78 is 16.1. The van der Waals surface area contributed by atoms with Crippen LogP contribution in [0.3, 0.4) is 0 Å². The number of nitrogens with one attached hydrogen (secondary N) is 1. The van der Waals surface area contributed by atoms with Crippen LogP contribution in [0.2, 0.25) is 0 Å². The number of amides is 2. The topological polar surface area (TPSA) is 77.1 Å². The van der Waals surface area contributed by atoms with E-state index in [1.807, 2.05) is 31.2 Å². The molecule has 0 spiro atoms. The van der Waals surface area contributed by atoms with E-state index in [2.05, 4.69) is 5.32 Å². The molecule has 1 aliphatic heterocycles. The molecule has 0 aliphatic carbocycles. The van der Waals surface area contributed by atoms with Crippen molar-refractivity contribution in [3.05, 3.63) is 42.0 Å². The first-order chi connectivity index (χ1) is 14.0. The highest BCUT2D eigenvalue weighted by atomic mass is 16.5. The molecular formula is C22H26N2O5. The van der Waals surface area contributed by atoms with Crippen molar-refractivity contribution in [1.29, 1.82) is 0 Å². The first-order valence-corrected chi connectivity index (χ1v) is 9.51. The van der Waals surface area contributed by atoms with Crippen LogP contribution in [0.5, 0.6) is 17.2 Å². The number of ether oxygens (including phenoxy) is 3. The fraction of sp³-hybridized carbons (Fsp3) is 0.364. The molecule has 7 heteroatoms. The second kappa shape index (κ2) is 8.86. The Morgan fingerprint density at radius 1 is 1.10 bits per heavy atom. The Kier molecular flexibility index (Phi) is 6.26. The summed E-state index contributed by atoms with van der Waals surface area (Å²) in [5.74, 6) is 0.651. The molecule has 2 aromatic rings. The molecule has 7 nitrogen and oxygen atoms in total. The normalized spacial score (nSPS) is 15.9. The van der Waals surface area contributed by atoms with E-state index in [9.17, 15) is 9.59 Å². The van der Waals surface area contributed by atoms with Crippen LogP contribution in [-0.4, -0.2) is 39.7 Å². The summed E-state index contributed by atoms with van der Waals surface area (Å²) >= 11 is 0. The number of benzene rings is 2. The van der Waals surface area contributed by atoms with Crippen LogP contribution in [0.15, 0.2) is 36.4 Å². The Bertz CT molecular complexity index is 887. The van der Waals surface area contributed by atoms with Crippen LogP contribution in [0.4, 0.5) is 11.4 Å². The molecule has 0 radical (unpaired) electrons. The number of carbonyl (C=O) groups excluding carboxylic acids is 2. The van der Waals surface area contributed by atoms with Crippen LogP contribution in [0, 0.1) is 5.92 Å². The standard InChI is InChI=1S/C22H26N2O5/c1-5-14-8-6-7-9-17(14)23-22(26)15-10-20(25)24(13-15)16-11-18(27-2)21(29-4)19(12-16)28-3/h6-9,11-12,15H,5,10,13H2,1-4H3,(H,23,26). The zero-order chi connectivity index (χ0) is 21.0. The van der Waals surface area contributed by atoms with Crippen LogP contribution in [0.1, 0.15) is 18.9 Å². The molecule has 3 rings (SSSR count). The van der Waals surface area contributed by atoms with Gasteiger partial charge in [-0.25, -0.2) is 0 Å². The number of hydrogen-bond acceptors (Lipinski definition) is 5. The van der Waals surface area contributed by atoms with Crippen molar-refractivity contribution in [3.8, 4) is 17.2 Å². The Hall–Kier alpha value is -3.22. The third-order valence-corrected chi connectivity index (χ3v) is 5.11. The van der Waals surface area contributed by atoms with Crippen LogP contribution in [0.25, 0.3) is 0 Å². The SMILES string of the molecule is CCc1ccccc1NC(=O)C1CC(=O)N(c2cc(OC)c(OC)c(OC)c2)C1. The minimum atomic E-state index is -0.438. The number of methoxy groups -OCH3 is 3. The minimum Gasteiger partial charge on any atom is -0.493 e. The molecule has 1 N–H and O–H groups in total. The summed E-state index contributed by atoms with van der Waals surface area (Å²) in [5, 5.41) is 2.97. The van der Waals surface area contributed by atoms with Crippen molar-refractivity contribution >= 4 is 23.2 Å². The van der Waals surface area contributed by atoms with Crippen LogP contribution in [-0.2, 0) is 16.0 Å². The van der Waals surface area contributed by atoms with Gasteiger partial charge in [-0.15, -0.1) is 0 Å². The van der Waals surface area contributed by atoms with E-state index >= 15 is 0 Å². The van der Waals surface area contributed by atoms with Gasteiger partial charge in [0.05, 0.1) is 32.9 Å². The molecular weight excluding hydrogens is 372 g/mol. The number of anilines is 2. The zero-order valence-electron chi connectivity index (χ0n) is 17.2. The molecule has 1 atom stereocenters. The van der Waals surface area contributed by atoms with Crippen molar-refractivity contribution in [2.24, 2.45) is 5.92 Å². The summed E-state index contributed by atoms with van der Waals surface area (Å²) in [6.45, 7) is 2.33. The number of hydrogen-bond donors (Lipinski definition) is 1. The predicted octanol–water partition coefficient (Wildman–Crippen LogP) is 3.27. The fourth-order valence-electron chi connectivity index (χ4n) is 3.54. The smallest absolute Gasteiger partial charge is 0.229 e. The van der Waals surface area contributed by atoms with Gasteiger partial charge >= 0.3 is 0 Å². The average molecular weight is 398 g/mol. The Balaban J connectivity index is 1.80. The van der Waals surface area contributed by atoms with Gasteiger partial charge in [0.25, 0.3) is 0 Å². The van der Waals surface area contributed by atoms with Gasteiger partial charge in [-0.05, 0) is 18.1 Å². The van der Waals surface area contributed by atoms with Crippen molar-refractivity contribution in [3.63, 3.8) is 0 Å². The Morgan fingerprint density at radius 2 is 1.76 bits per heavy atom. The molecule has 2 amide bonds. The second-order valence-corrected chi connectivity index (χ2v) is 6.79. The minimum absolute atomic E-state index is 0.122. The quantitative estimate of drug-likeness (QED) is 0.775. The lowest BCUT2D eigenvalue weighted by atomic mass is 10.1. The first-order valence-electron chi connectivity index (χ1n) is 9.51. The van der Waals surface area contributed by atoms with Crippen molar-refractivity contribution < 1.29 is 23.8 Å². The summed E-state index contributed by atoms with van der Waals surface area (Å²) in [6.07, 6.45) is 0.967. The molecule has 0 bridgehead atoms. The molecule has 29 heavy (non-hydrogen) atoms. The molecule has 1 fully saturated rings. The lowest BCUT2D eigenvalue weighted by molar-refractivity contribution is -0.122. The summed E-state index contributed by atoms with van der Waals surface area (Å²) in [4.78, 5) is 27.0. The van der Waals surface area contributed by atoms with Gasteiger partial charge in [0, 0.05) is 30.8 Å². The van der Waals surface area contributed by atoms with Gasteiger partial charge in [0.2, 0.25) is 17.6 Å². The van der Waals surface area contributed by atoms with E-state index in [0.29, 0.717) is 22.9 Å². The number of para-hydroxylation sites is 1. The van der Waals surface area contributed by atoms with Crippen molar-refractivity contribution in [2.75, 3.05) is 38.1 Å². The number of carbonyl (C=O) groups is 2. The van der Waals surface area contributed by atoms with Gasteiger partial charge < -0.3 is 24.4 Å². The average Bonchev–Trinajstić information content (AvgIpc) is 3.14. The Morgan fingerprint density at radius 3 is 2.34 bits per heavy atom. The van der Waals surface area contributed by atoms with E-state index in [0.717, 1.165) is 17.7 Å². The van der Waals surface area contributed by atoms with Gasteiger partial charge in [-0.3, -0.25) is 9.59 Å². The maximum Gasteiger partial charge on any atom is 0.229 e. The number of aryl methyl sites for hydroxylation is 1. The van der Waals surface area contributed by atoms with Crippen molar-refractivity contribution in [1.82, 2.24) is 0 Å². The zero-order valence-corrected chi connectivity index (χ0v) is 17.2. The molecule has 0 aromatic heterocycles. The van der Waals surface area contributed by atoms with E-state index in [4.69, 9.17) is 14.2 Å².